The van der Waals surface area contributed by atoms with Crippen LogP contribution in [-0.4, -0.2) is 92.2 Å². The van der Waals surface area contributed by atoms with Gasteiger partial charge >= 0.3 is 6.09 Å². The number of ether oxygens (including phenoxy) is 4. The van der Waals surface area contributed by atoms with Gasteiger partial charge < -0.3 is 28.7 Å². The van der Waals surface area contributed by atoms with Crippen molar-refractivity contribution >= 4 is 12.0 Å². The summed E-state index contributed by atoms with van der Waals surface area (Å²) in [6.45, 7) is 9.88. The highest BCUT2D eigenvalue weighted by Crippen LogP contribution is 2.59. The van der Waals surface area contributed by atoms with Gasteiger partial charge in [0.05, 0.1) is 18.6 Å². The summed E-state index contributed by atoms with van der Waals surface area (Å²) in [4.78, 5) is 28.0. The van der Waals surface area contributed by atoms with Crippen LogP contribution in [0.4, 0.5) is 4.79 Å². The van der Waals surface area contributed by atoms with E-state index >= 15 is 0 Å². The van der Waals surface area contributed by atoms with Crippen molar-refractivity contribution in [2.45, 2.75) is 89.3 Å². The summed E-state index contributed by atoms with van der Waals surface area (Å²) in [6.07, 6.45) is 4.96. The molecule has 0 bridgehead atoms. The predicted molar refractivity (Wildman–Crippen MR) is 125 cm³/mol. The lowest BCUT2D eigenvalue weighted by atomic mass is 9.68. The summed E-state index contributed by atoms with van der Waals surface area (Å²) in [7, 11) is 5.14. The molecule has 2 amide bonds. The number of hydrogen-bond donors (Lipinski definition) is 0. The topological polar surface area (TPSA) is 84.1 Å². The second-order valence-corrected chi connectivity index (χ2v) is 10.3. The third-order valence-electron chi connectivity index (χ3n) is 7.46. The minimum atomic E-state index is -0.396. The average Bonchev–Trinajstić information content (AvgIpc) is 3.68. The van der Waals surface area contributed by atoms with Gasteiger partial charge in [-0.15, -0.1) is 0 Å². The molecular weight excluding hydrogens is 424 g/mol. The molecule has 8 heteroatoms. The summed E-state index contributed by atoms with van der Waals surface area (Å²) in [6, 6.07) is 0. The van der Waals surface area contributed by atoms with E-state index in [1.807, 2.05) is 6.92 Å². The van der Waals surface area contributed by atoms with E-state index in [-0.39, 0.29) is 41.3 Å². The van der Waals surface area contributed by atoms with E-state index in [1.165, 1.54) is 10.5 Å². The molecule has 3 rings (SSSR count). The molecule has 1 aliphatic carbocycles. The van der Waals surface area contributed by atoms with Crippen molar-refractivity contribution in [1.29, 1.82) is 0 Å². The van der Waals surface area contributed by atoms with Gasteiger partial charge in [-0.2, -0.15) is 0 Å². The van der Waals surface area contributed by atoms with E-state index in [1.54, 1.807) is 26.1 Å². The van der Waals surface area contributed by atoms with E-state index in [2.05, 4.69) is 26.8 Å². The molecule has 2 aliphatic heterocycles. The maximum atomic E-state index is 12.8. The van der Waals surface area contributed by atoms with Crippen molar-refractivity contribution < 1.29 is 28.5 Å². The zero-order chi connectivity index (χ0) is 24.4. The molecule has 0 radical (unpaired) electrons. The normalized spacial score (nSPS) is 34.5. The van der Waals surface area contributed by atoms with Gasteiger partial charge in [0.1, 0.15) is 23.4 Å². The Morgan fingerprint density at radius 3 is 2.42 bits per heavy atom. The zero-order valence-electron chi connectivity index (χ0n) is 21.4. The molecule has 188 valence electrons. The molecule has 6 atom stereocenters. The van der Waals surface area contributed by atoms with Crippen molar-refractivity contribution in [2.24, 2.45) is 5.92 Å². The fraction of sp³-hybridized carbons (Fsp3) is 0.840. The summed E-state index contributed by atoms with van der Waals surface area (Å²) < 4.78 is 24.1. The van der Waals surface area contributed by atoms with Crippen LogP contribution in [0.2, 0.25) is 0 Å². The summed E-state index contributed by atoms with van der Waals surface area (Å²) in [5.74, 6) is 0.0872. The minimum Gasteiger partial charge on any atom is -0.443 e. The quantitative estimate of drug-likeness (QED) is 0.362. The van der Waals surface area contributed by atoms with Gasteiger partial charge in [0.2, 0.25) is 5.91 Å². The van der Waals surface area contributed by atoms with Crippen LogP contribution in [0.1, 0.15) is 59.8 Å². The Bertz CT molecular complexity index is 747. The molecule has 1 saturated carbocycles. The number of hydrogen-bond acceptors (Lipinski definition) is 6. The first-order valence-corrected chi connectivity index (χ1v) is 12.2. The smallest absolute Gasteiger partial charge is 0.409 e. The Balaban J connectivity index is 1.61. The van der Waals surface area contributed by atoms with Crippen LogP contribution in [0.3, 0.4) is 0 Å². The van der Waals surface area contributed by atoms with Gasteiger partial charge in [-0.05, 0) is 46.5 Å². The highest BCUT2D eigenvalue weighted by atomic mass is 16.6. The van der Waals surface area contributed by atoms with Gasteiger partial charge in [0.15, 0.2) is 0 Å². The fourth-order valence-corrected chi connectivity index (χ4v) is 5.21. The second kappa shape index (κ2) is 10.3. The Kier molecular flexibility index (Phi) is 8.12. The van der Waals surface area contributed by atoms with Gasteiger partial charge in [-0.3, -0.25) is 4.79 Å². The molecule has 0 aromatic carbocycles. The highest BCUT2D eigenvalue weighted by molar-refractivity contribution is 5.75. The molecule has 0 aromatic heterocycles. The third kappa shape index (κ3) is 5.72. The van der Waals surface area contributed by atoms with Crippen LogP contribution in [0.5, 0.6) is 0 Å². The maximum Gasteiger partial charge on any atom is 0.409 e. The number of epoxide rings is 2. The predicted octanol–water partition coefficient (Wildman–Crippen LogP) is 3.39. The monoisotopic (exact) mass is 466 g/mol. The second-order valence-electron chi connectivity index (χ2n) is 10.3. The molecule has 3 fully saturated rings. The molecule has 3 aliphatic rings. The Labute approximate surface area is 198 Å². The van der Waals surface area contributed by atoms with Crippen molar-refractivity contribution in [3.63, 3.8) is 0 Å². The molecule has 0 N–H and O–H groups in total. The van der Waals surface area contributed by atoms with Gasteiger partial charge in [-0.1, -0.05) is 18.6 Å². The van der Waals surface area contributed by atoms with E-state index in [9.17, 15) is 9.59 Å². The van der Waals surface area contributed by atoms with E-state index in [0.29, 0.717) is 32.5 Å². The first-order valence-electron chi connectivity index (χ1n) is 12.2. The van der Waals surface area contributed by atoms with Crippen LogP contribution < -0.4 is 0 Å². The lowest BCUT2D eigenvalue weighted by Crippen LogP contribution is -2.56. The molecule has 33 heavy (non-hydrogen) atoms. The largest absolute Gasteiger partial charge is 0.443 e. The average molecular weight is 467 g/mol. The van der Waals surface area contributed by atoms with E-state index in [4.69, 9.17) is 18.9 Å². The highest BCUT2D eigenvalue weighted by Gasteiger charge is 2.72. The van der Waals surface area contributed by atoms with Gasteiger partial charge in [0, 0.05) is 40.7 Å². The van der Waals surface area contributed by atoms with E-state index in [0.717, 1.165) is 19.3 Å². The van der Waals surface area contributed by atoms with Gasteiger partial charge in [0.25, 0.3) is 0 Å². The third-order valence-corrected chi connectivity index (χ3v) is 7.46. The first kappa shape index (κ1) is 26.0. The standard InChI is InChI=1S/C25H42N2O6/c1-8-9-20(28)26(5)14-15-27(6)23(29)32-18-12-13-25(16-31-25)22(21(18)30-7)24(4)19(33-24)11-10-17(2)3/h10,18-19,21-22H,8-9,11-16H2,1-7H3. The Morgan fingerprint density at radius 2 is 1.85 bits per heavy atom. The summed E-state index contributed by atoms with van der Waals surface area (Å²) in [5.41, 5.74) is 0.670. The number of carbonyl (C=O) groups excluding carboxylic acids is 2. The Morgan fingerprint density at radius 1 is 1.18 bits per heavy atom. The number of methoxy groups -OCH3 is 1. The number of allylic oxidation sites excluding steroid dienone is 1. The number of rotatable bonds is 10. The van der Waals surface area contributed by atoms with Crippen LogP contribution in [0.25, 0.3) is 0 Å². The molecule has 2 saturated heterocycles. The van der Waals surface area contributed by atoms with Crippen molar-refractivity contribution in [2.75, 3.05) is 40.9 Å². The van der Waals surface area contributed by atoms with Crippen LogP contribution >= 0.6 is 0 Å². The SMILES string of the molecule is CCCC(=O)N(C)CCN(C)C(=O)OC1CCC2(CO2)C(C2(C)OC2CC=C(C)C)C1OC. The lowest BCUT2D eigenvalue weighted by molar-refractivity contribution is -0.130. The van der Waals surface area contributed by atoms with Crippen molar-refractivity contribution in [3.05, 3.63) is 11.6 Å². The van der Waals surface area contributed by atoms with Crippen molar-refractivity contribution in [1.82, 2.24) is 9.80 Å². The number of likely N-dealkylation sites (N-methyl/N-ethyl adjacent to an activating group) is 2. The van der Waals surface area contributed by atoms with Crippen LogP contribution in [-0.2, 0) is 23.7 Å². The number of carbonyl (C=O) groups is 2. The maximum absolute atomic E-state index is 12.8. The summed E-state index contributed by atoms with van der Waals surface area (Å²) >= 11 is 0. The van der Waals surface area contributed by atoms with E-state index < -0.39 is 6.09 Å². The molecule has 0 aromatic rings. The molecule has 1 spiro atoms. The number of nitrogens with zero attached hydrogens (tertiary/aromatic N) is 2. The molecule has 6 unspecified atom stereocenters. The van der Waals surface area contributed by atoms with Crippen molar-refractivity contribution in [3.8, 4) is 0 Å². The molecule has 8 nitrogen and oxygen atoms in total. The molecule has 2 heterocycles. The first-order chi connectivity index (χ1) is 15.6. The lowest BCUT2D eigenvalue weighted by Gasteiger charge is -2.43. The summed E-state index contributed by atoms with van der Waals surface area (Å²) in [5, 5.41) is 0. The van der Waals surface area contributed by atoms with Crippen LogP contribution in [0.15, 0.2) is 11.6 Å². The van der Waals surface area contributed by atoms with Crippen LogP contribution in [0, 0.1) is 5.92 Å². The fourth-order valence-electron chi connectivity index (χ4n) is 5.21. The number of amides is 2. The minimum absolute atomic E-state index is 0.000201. The zero-order valence-corrected chi connectivity index (χ0v) is 21.4. The Hall–Kier alpha value is -1.64. The van der Waals surface area contributed by atoms with Gasteiger partial charge in [-0.25, -0.2) is 4.79 Å². The molecular formula is C25H42N2O6.